The Morgan fingerprint density at radius 1 is 1.23 bits per heavy atom. The maximum Gasteiger partial charge on any atom is 0.242 e. The van der Waals surface area contributed by atoms with Gasteiger partial charge in [-0.05, 0) is 48.0 Å². The number of aliphatic imine (C=N–C) groups is 1. The molecule has 0 unspecified atom stereocenters. The van der Waals surface area contributed by atoms with Crippen LogP contribution in [0.2, 0.25) is 0 Å². The van der Waals surface area contributed by atoms with E-state index in [0.717, 1.165) is 19.5 Å². The highest BCUT2D eigenvalue weighted by atomic mass is 127. The average molecular weight is 428 g/mol. The fraction of sp³-hybridized carbons (Fsp3) is 0.867. The van der Waals surface area contributed by atoms with Gasteiger partial charge in [0.25, 0.3) is 0 Å². The van der Waals surface area contributed by atoms with Crippen LogP contribution in [0.4, 0.5) is 0 Å². The van der Waals surface area contributed by atoms with E-state index in [2.05, 4.69) is 20.9 Å². The molecule has 0 aliphatic rings. The van der Waals surface area contributed by atoms with Gasteiger partial charge in [-0.2, -0.15) is 0 Å². The number of carbonyl (C=O) groups excluding carboxylic acids is 1. The van der Waals surface area contributed by atoms with Crippen LogP contribution in [0.1, 0.15) is 48.0 Å². The molecule has 0 heterocycles. The fourth-order valence-electron chi connectivity index (χ4n) is 1.55. The van der Waals surface area contributed by atoms with Gasteiger partial charge in [-0.25, -0.2) is 4.99 Å². The second-order valence-electron chi connectivity index (χ2n) is 6.19. The number of carbonyl (C=O) groups is 1. The van der Waals surface area contributed by atoms with Gasteiger partial charge in [0.1, 0.15) is 6.54 Å². The zero-order valence-corrected chi connectivity index (χ0v) is 17.1. The molecule has 22 heavy (non-hydrogen) atoms. The Morgan fingerprint density at radius 2 is 1.86 bits per heavy atom. The van der Waals surface area contributed by atoms with Crippen molar-refractivity contribution < 1.29 is 9.53 Å². The number of amides is 1. The predicted octanol–water partition coefficient (Wildman–Crippen LogP) is 1.89. The molecular weight excluding hydrogens is 395 g/mol. The Kier molecular flexibility index (Phi) is 13.9. The van der Waals surface area contributed by atoms with Gasteiger partial charge in [0.2, 0.25) is 5.91 Å². The molecule has 132 valence electrons. The molecule has 0 spiro atoms. The summed E-state index contributed by atoms with van der Waals surface area (Å²) in [5.41, 5.74) is -0.230. The zero-order valence-electron chi connectivity index (χ0n) is 14.8. The summed E-state index contributed by atoms with van der Waals surface area (Å²) in [6, 6.07) is 0. The van der Waals surface area contributed by atoms with Crippen molar-refractivity contribution in [1.82, 2.24) is 16.0 Å². The lowest BCUT2D eigenvalue weighted by atomic mass is 10.1. The van der Waals surface area contributed by atoms with E-state index in [1.54, 1.807) is 0 Å². The fourth-order valence-corrected chi connectivity index (χ4v) is 1.55. The van der Waals surface area contributed by atoms with Gasteiger partial charge in [0.05, 0.1) is 6.10 Å². The normalized spacial score (nSPS) is 11.9. The minimum absolute atomic E-state index is 0. The number of nitrogens with zero attached hydrogens (tertiary/aromatic N) is 1. The van der Waals surface area contributed by atoms with E-state index in [1.807, 2.05) is 41.5 Å². The lowest BCUT2D eigenvalue weighted by Crippen LogP contribution is -2.43. The van der Waals surface area contributed by atoms with Crippen LogP contribution in [0.25, 0.3) is 0 Å². The third kappa shape index (κ3) is 15.8. The first kappa shape index (κ1) is 23.7. The number of hydrogen-bond acceptors (Lipinski definition) is 3. The summed E-state index contributed by atoms with van der Waals surface area (Å²) in [5, 5.41) is 9.19. The lowest BCUT2D eigenvalue weighted by Gasteiger charge is -2.20. The van der Waals surface area contributed by atoms with Crippen molar-refractivity contribution in [3.8, 4) is 0 Å². The quantitative estimate of drug-likeness (QED) is 0.239. The predicted molar refractivity (Wildman–Crippen MR) is 103 cm³/mol. The van der Waals surface area contributed by atoms with E-state index in [1.165, 1.54) is 0 Å². The summed E-state index contributed by atoms with van der Waals surface area (Å²) >= 11 is 0. The summed E-state index contributed by atoms with van der Waals surface area (Å²) in [7, 11) is 0. The molecular formula is C15H33IN4O2. The lowest BCUT2D eigenvalue weighted by molar-refractivity contribution is -0.121. The van der Waals surface area contributed by atoms with Crippen LogP contribution in [0.3, 0.4) is 0 Å². The molecule has 6 nitrogen and oxygen atoms in total. The van der Waals surface area contributed by atoms with Gasteiger partial charge in [-0.15, -0.1) is 24.0 Å². The monoisotopic (exact) mass is 428 g/mol. The molecule has 7 heteroatoms. The number of halogens is 1. The highest BCUT2D eigenvalue weighted by Crippen LogP contribution is 1.97. The van der Waals surface area contributed by atoms with Crippen LogP contribution >= 0.6 is 24.0 Å². The Labute approximate surface area is 152 Å². The molecule has 0 aromatic carbocycles. The van der Waals surface area contributed by atoms with E-state index in [9.17, 15) is 4.79 Å². The number of hydrogen-bond donors (Lipinski definition) is 3. The highest BCUT2D eigenvalue weighted by Gasteiger charge is 2.13. The van der Waals surface area contributed by atoms with E-state index in [-0.39, 0.29) is 48.1 Å². The van der Waals surface area contributed by atoms with E-state index in [4.69, 9.17) is 4.74 Å². The molecule has 0 saturated heterocycles. The smallest absolute Gasteiger partial charge is 0.242 e. The molecule has 0 aromatic heterocycles. The van der Waals surface area contributed by atoms with Crippen molar-refractivity contribution in [3.63, 3.8) is 0 Å². The van der Waals surface area contributed by atoms with Crippen LogP contribution in [-0.4, -0.2) is 49.8 Å². The second kappa shape index (κ2) is 12.9. The first-order valence-corrected chi connectivity index (χ1v) is 7.69. The summed E-state index contributed by atoms with van der Waals surface area (Å²) in [4.78, 5) is 16.0. The Hall–Kier alpha value is -0.570. The molecule has 0 aliphatic carbocycles. The van der Waals surface area contributed by atoms with Crippen LogP contribution < -0.4 is 16.0 Å². The van der Waals surface area contributed by atoms with Crippen LogP contribution in [0.15, 0.2) is 4.99 Å². The second-order valence-corrected chi connectivity index (χ2v) is 6.19. The minimum atomic E-state index is -0.230. The number of guanidine groups is 1. The van der Waals surface area contributed by atoms with E-state index < -0.39 is 0 Å². The molecule has 1 amide bonds. The van der Waals surface area contributed by atoms with Gasteiger partial charge in [0.15, 0.2) is 5.96 Å². The molecule has 0 atom stereocenters. The molecule has 0 aromatic rings. The van der Waals surface area contributed by atoms with E-state index >= 15 is 0 Å². The van der Waals surface area contributed by atoms with Crippen molar-refractivity contribution in [2.24, 2.45) is 4.99 Å². The summed E-state index contributed by atoms with van der Waals surface area (Å²) in [5.74, 6) is 0.578. The van der Waals surface area contributed by atoms with Crippen LogP contribution in [-0.2, 0) is 9.53 Å². The molecule has 0 rings (SSSR count). The molecule has 0 saturated carbocycles. The summed E-state index contributed by atoms with van der Waals surface area (Å²) in [6.45, 7) is 14.2. The average Bonchev–Trinajstić information content (AvgIpc) is 2.32. The molecule has 3 N–H and O–H groups in total. The van der Waals surface area contributed by atoms with Gasteiger partial charge in [-0.3, -0.25) is 4.79 Å². The number of nitrogens with one attached hydrogen (secondary N) is 3. The number of ether oxygens (including phenoxy) is 1. The molecule has 0 bridgehead atoms. The Bertz CT molecular complexity index is 328. The Balaban J connectivity index is 0. The summed E-state index contributed by atoms with van der Waals surface area (Å²) in [6.07, 6.45) is 1.16. The van der Waals surface area contributed by atoms with Crippen molar-refractivity contribution in [3.05, 3.63) is 0 Å². The highest BCUT2D eigenvalue weighted by molar-refractivity contribution is 14.0. The Morgan fingerprint density at radius 3 is 2.36 bits per heavy atom. The molecule has 0 aliphatic heterocycles. The van der Waals surface area contributed by atoms with Gasteiger partial charge < -0.3 is 20.7 Å². The van der Waals surface area contributed by atoms with Gasteiger partial charge >= 0.3 is 0 Å². The standard InChI is InChI=1S/C15H32N4O2.HI/c1-7-16-14(17-9-8-10-21-12(2)3)18-11-13(20)19-15(4,5)6;/h12H,7-11H2,1-6H3,(H,19,20)(H2,16,17,18);1H. The topological polar surface area (TPSA) is 74.8 Å². The summed E-state index contributed by atoms with van der Waals surface area (Å²) < 4.78 is 5.47. The van der Waals surface area contributed by atoms with Crippen molar-refractivity contribution >= 4 is 35.8 Å². The third-order valence-electron chi connectivity index (χ3n) is 2.30. The van der Waals surface area contributed by atoms with E-state index in [0.29, 0.717) is 12.6 Å². The third-order valence-corrected chi connectivity index (χ3v) is 2.30. The van der Waals surface area contributed by atoms with Crippen LogP contribution in [0, 0.1) is 0 Å². The SMILES string of the molecule is CCNC(=NCC(=O)NC(C)(C)C)NCCCOC(C)C.I. The van der Waals surface area contributed by atoms with Gasteiger partial charge in [-0.1, -0.05) is 0 Å². The molecule has 0 fully saturated rings. The van der Waals surface area contributed by atoms with Crippen molar-refractivity contribution in [2.75, 3.05) is 26.2 Å². The zero-order chi connectivity index (χ0) is 16.3. The number of rotatable bonds is 8. The van der Waals surface area contributed by atoms with Gasteiger partial charge in [0, 0.05) is 25.2 Å². The largest absolute Gasteiger partial charge is 0.379 e. The minimum Gasteiger partial charge on any atom is -0.379 e. The van der Waals surface area contributed by atoms with Crippen molar-refractivity contribution in [2.45, 2.75) is 59.6 Å². The first-order chi connectivity index (χ1) is 9.74. The van der Waals surface area contributed by atoms with Crippen molar-refractivity contribution in [1.29, 1.82) is 0 Å². The molecule has 0 radical (unpaired) electrons. The maximum absolute atomic E-state index is 11.7. The first-order valence-electron chi connectivity index (χ1n) is 7.69. The van der Waals surface area contributed by atoms with Crippen LogP contribution in [0.5, 0.6) is 0 Å². The maximum atomic E-state index is 11.7.